The number of rotatable bonds is 6. The van der Waals surface area contributed by atoms with Crippen molar-refractivity contribution in [3.63, 3.8) is 0 Å². The summed E-state index contributed by atoms with van der Waals surface area (Å²) < 4.78 is 16.8. The van der Waals surface area contributed by atoms with Gasteiger partial charge in [-0.05, 0) is 30.2 Å². The van der Waals surface area contributed by atoms with Gasteiger partial charge in [0.05, 0.1) is 5.39 Å². The standard InChI is InChI=1S/C20H18O4/c1-3-11-22-15-9-10-16-18(12-15)23-13-19(20(16)21)24-17-8-6-5-7-14(17)4-2/h3,5-10,12-13H,1,4,11H2,2H3. The number of aryl methyl sites for hydroxylation is 1. The average molecular weight is 322 g/mol. The van der Waals surface area contributed by atoms with E-state index >= 15 is 0 Å². The summed E-state index contributed by atoms with van der Waals surface area (Å²) >= 11 is 0. The molecule has 0 saturated carbocycles. The van der Waals surface area contributed by atoms with Gasteiger partial charge in [-0.2, -0.15) is 0 Å². The van der Waals surface area contributed by atoms with Crippen molar-refractivity contribution in [1.29, 1.82) is 0 Å². The Morgan fingerprint density at radius 1 is 1.17 bits per heavy atom. The van der Waals surface area contributed by atoms with Gasteiger partial charge in [0.25, 0.3) is 0 Å². The second-order valence-electron chi connectivity index (χ2n) is 5.25. The molecular weight excluding hydrogens is 304 g/mol. The van der Waals surface area contributed by atoms with Crippen molar-refractivity contribution in [1.82, 2.24) is 0 Å². The number of hydrogen-bond donors (Lipinski definition) is 0. The lowest BCUT2D eigenvalue weighted by Crippen LogP contribution is -2.06. The fraction of sp³-hybridized carbons (Fsp3) is 0.150. The Hall–Kier alpha value is -3.01. The first-order valence-corrected chi connectivity index (χ1v) is 7.78. The molecule has 122 valence electrons. The van der Waals surface area contributed by atoms with E-state index in [0.29, 0.717) is 29.1 Å². The van der Waals surface area contributed by atoms with E-state index in [1.54, 1.807) is 24.3 Å². The number of ether oxygens (including phenoxy) is 2. The topological polar surface area (TPSA) is 48.7 Å². The Labute approximate surface area is 139 Å². The molecule has 0 aliphatic heterocycles. The van der Waals surface area contributed by atoms with Crippen molar-refractivity contribution in [3.05, 3.63) is 77.2 Å². The van der Waals surface area contributed by atoms with E-state index < -0.39 is 0 Å². The Balaban J connectivity index is 1.97. The van der Waals surface area contributed by atoms with Crippen LogP contribution < -0.4 is 14.9 Å². The van der Waals surface area contributed by atoms with Gasteiger partial charge >= 0.3 is 0 Å². The molecule has 4 heteroatoms. The molecule has 0 spiro atoms. The van der Waals surface area contributed by atoms with Gasteiger partial charge in [-0.1, -0.05) is 37.8 Å². The molecule has 0 radical (unpaired) electrons. The highest BCUT2D eigenvalue weighted by Gasteiger charge is 2.11. The van der Waals surface area contributed by atoms with Crippen LogP contribution in [-0.2, 0) is 6.42 Å². The SMILES string of the molecule is C=CCOc1ccc2c(=O)c(Oc3ccccc3CC)coc2c1. The Kier molecular flexibility index (Phi) is 4.66. The fourth-order valence-corrected chi connectivity index (χ4v) is 2.42. The minimum absolute atomic E-state index is 0.170. The molecule has 0 N–H and O–H groups in total. The third-order valence-electron chi connectivity index (χ3n) is 3.66. The van der Waals surface area contributed by atoms with Crippen LogP contribution in [0.25, 0.3) is 11.0 Å². The summed E-state index contributed by atoms with van der Waals surface area (Å²) in [6.07, 6.45) is 3.82. The van der Waals surface area contributed by atoms with E-state index in [2.05, 4.69) is 6.58 Å². The van der Waals surface area contributed by atoms with Crippen molar-refractivity contribution in [2.45, 2.75) is 13.3 Å². The summed E-state index contributed by atoms with van der Waals surface area (Å²) in [5, 5.41) is 0.451. The van der Waals surface area contributed by atoms with Crippen LogP contribution >= 0.6 is 0 Å². The molecule has 4 nitrogen and oxygen atoms in total. The monoisotopic (exact) mass is 322 g/mol. The Morgan fingerprint density at radius 2 is 2.00 bits per heavy atom. The van der Waals surface area contributed by atoms with Crippen LogP contribution in [0.4, 0.5) is 0 Å². The van der Waals surface area contributed by atoms with E-state index in [9.17, 15) is 4.79 Å². The molecule has 0 bridgehead atoms. The lowest BCUT2D eigenvalue weighted by Gasteiger charge is -2.10. The maximum absolute atomic E-state index is 12.6. The normalized spacial score (nSPS) is 10.5. The lowest BCUT2D eigenvalue weighted by molar-refractivity contribution is 0.363. The van der Waals surface area contributed by atoms with Gasteiger partial charge in [0.15, 0.2) is 0 Å². The zero-order valence-corrected chi connectivity index (χ0v) is 13.5. The van der Waals surface area contributed by atoms with Gasteiger partial charge < -0.3 is 13.9 Å². The number of para-hydroxylation sites is 1. The molecule has 3 aromatic rings. The van der Waals surface area contributed by atoms with Crippen LogP contribution in [0.3, 0.4) is 0 Å². The maximum atomic E-state index is 12.6. The highest BCUT2D eigenvalue weighted by atomic mass is 16.5. The van der Waals surface area contributed by atoms with Crippen molar-refractivity contribution in [3.8, 4) is 17.2 Å². The molecule has 0 saturated heterocycles. The molecule has 0 atom stereocenters. The Bertz CT molecular complexity index is 924. The van der Waals surface area contributed by atoms with Crippen molar-refractivity contribution in [2.24, 2.45) is 0 Å². The minimum atomic E-state index is -0.211. The van der Waals surface area contributed by atoms with Gasteiger partial charge in [0, 0.05) is 6.07 Å². The third-order valence-corrected chi connectivity index (χ3v) is 3.66. The molecule has 0 aliphatic carbocycles. The molecule has 0 amide bonds. The molecule has 0 fully saturated rings. The van der Waals surface area contributed by atoms with E-state index in [-0.39, 0.29) is 11.2 Å². The van der Waals surface area contributed by atoms with Crippen LogP contribution in [0.5, 0.6) is 17.2 Å². The highest BCUT2D eigenvalue weighted by Crippen LogP contribution is 2.26. The van der Waals surface area contributed by atoms with Crippen LogP contribution in [0.1, 0.15) is 12.5 Å². The summed E-state index contributed by atoms with van der Waals surface area (Å²) in [4.78, 5) is 12.6. The van der Waals surface area contributed by atoms with Crippen LogP contribution in [0, 0.1) is 0 Å². The maximum Gasteiger partial charge on any atom is 0.235 e. The largest absolute Gasteiger partial charge is 0.489 e. The first-order chi connectivity index (χ1) is 11.7. The molecule has 1 heterocycles. The van der Waals surface area contributed by atoms with Crippen molar-refractivity contribution < 1.29 is 13.9 Å². The van der Waals surface area contributed by atoms with Crippen LogP contribution in [-0.4, -0.2) is 6.61 Å². The van der Waals surface area contributed by atoms with Crippen molar-refractivity contribution in [2.75, 3.05) is 6.61 Å². The zero-order chi connectivity index (χ0) is 16.9. The third kappa shape index (κ3) is 3.18. The first kappa shape index (κ1) is 15.9. The summed E-state index contributed by atoms with van der Waals surface area (Å²) in [5.74, 6) is 1.45. The van der Waals surface area contributed by atoms with Crippen LogP contribution in [0.15, 0.2) is 70.6 Å². The first-order valence-electron chi connectivity index (χ1n) is 7.78. The van der Waals surface area contributed by atoms with Gasteiger partial charge in [0.2, 0.25) is 11.2 Å². The second kappa shape index (κ2) is 7.04. The predicted octanol–water partition coefficient (Wildman–Crippen LogP) is 4.71. The summed E-state index contributed by atoms with van der Waals surface area (Å²) in [7, 11) is 0. The number of hydrogen-bond acceptors (Lipinski definition) is 4. The number of fused-ring (bicyclic) bond motifs is 1. The summed E-state index contributed by atoms with van der Waals surface area (Å²) in [6.45, 7) is 6.03. The van der Waals surface area contributed by atoms with E-state index in [1.807, 2.05) is 31.2 Å². The summed E-state index contributed by atoms with van der Waals surface area (Å²) in [5.41, 5.74) is 1.28. The molecular formula is C20H18O4. The zero-order valence-electron chi connectivity index (χ0n) is 13.5. The quantitative estimate of drug-likeness (QED) is 0.617. The molecule has 0 aliphatic rings. The van der Waals surface area contributed by atoms with E-state index in [0.717, 1.165) is 12.0 Å². The van der Waals surface area contributed by atoms with E-state index in [4.69, 9.17) is 13.9 Å². The highest BCUT2D eigenvalue weighted by molar-refractivity contribution is 5.79. The predicted molar refractivity (Wildman–Crippen MR) is 94.1 cm³/mol. The summed E-state index contributed by atoms with van der Waals surface area (Å²) in [6, 6.07) is 12.7. The lowest BCUT2D eigenvalue weighted by atomic mass is 10.1. The Morgan fingerprint density at radius 3 is 2.79 bits per heavy atom. The van der Waals surface area contributed by atoms with Crippen molar-refractivity contribution >= 4 is 11.0 Å². The number of benzene rings is 2. The molecule has 2 aromatic carbocycles. The second-order valence-corrected chi connectivity index (χ2v) is 5.25. The van der Waals surface area contributed by atoms with Gasteiger partial charge in [-0.25, -0.2) is 0 Å². The van der Waals surface area contributed by atoms with E-state index in [1.165, 1.54) is 6.26 Å². The molecule has 3 rings (SSSR count). The smallest absolute Gasteiger partial charge is 0.235 e. The molecule has 1 aromatic heterocycles. The minimum Gasteiger partial charge on any atom is -0.489 e. The van der Waals surface area contributed by atoms with Gasteiger partial charge in [0.1, 0.15) is 30.0 Å². The molecule has 0 unspecified atom stereocenters. The molecule has 24 heavy (non-hydrogen) atoms. The van der Waals surface area contributed by atoms with Gasteiger partial charge in [-0.15, -0.1) is 0 Å². The van der Waals surface area contributed by atoms with Crippen LogP contribution in [0.2, 0.25) is 0 Å². The van der Waals surface area contributed by atoms with Gasteiger partial charge in [-0.3, -0.25) is 4.79 Å². The fourth-order valence-electron chi connectivity index (χ4n) is 2.42. The average Bonchev–Trinajstić information content (AvgIpc) is 2.62.